The molecule has 1 N–H and O–H groups in total. The Morgan fingerprint density at radius 1 is 0.867 bits per heavy atom. The minimum Gasteiger partial charge on any atom is -0.321 e. The first kappa shape index (κ1) is 21.6. The van der Waals surface area contributed by atoms with Crippen molar-refractivity contribution in [3.63, 3.8) is 0 Å². The van der Waals surface area contributed by atoms with Crippen molar-refractivity contribution in [2.75, 3.05) is 5.32 Å². The molecule has 0 heterocycles. The van der Waals surface area contributed by atoms with Gasteiger partial charge in [0, 0.05) is 10.6 Å². The summed E-state index contributed by atoms with van der Waals surface area (Å²) in [7, 11) is 0. The molecule has 1 amide bonds. The second kappa shape index (κ2) is 9.11. The van der Waals surface area contributed by atoms with Gasteiger partial charge in [-0.3, -0.25) is 9.68 Å². The van der Waals surface area contributed by atoms with Gasteiger partial charge in [0.25, 0.3) is 5.91 Å². The third-order valence-corrected chi connectivity index (χ3v) is 4.28. The summed E-state index contributed by atoms with van der Waals surface area (Å²) in [4.78, 5) is 35.4. The lowest BCUT2D eigenvalue weighted by Crippen LogP contribution is -2.23. The van der Waals surface area contributed by atoms with Crippen LogP contribution in [0.1, 0.15) is 41.5 Å². The Bertz CT molecular complexity index is 1060. The first-order chi connectivity index (χ1) is 14.2. The zero-order valence-corrected chi connectivity index (χ0v) is 17.7. The molecule has 0 atom stereocenters. The molecule has 0 aromatic heterocycles. The molecule has 0 bridgehead atoms. The Morgan fingerprint density at radius 3 is 2.23 bits per heavy atom. The summed E-state index contributed by atoms with van der Waals surface area (Å²) in [5, 5.41) is 3.39. The molecule has 0 saturated heterocycles. The summed E-state index contributed by atoms with van der Waals surface area (Å²) in [5.74, 6) is -1.05. The molecule has 0 fully saturated rings. The molecule has 0 aliphatic heterocycles. The minimum atomic E-state index is -0.703. The van der Waals surface area contributed by atoms with E-state index in [0.29, 0.717) is 16.3 Å². The lowest BCUT2D eigenvalue weighted by atomic mass is 10.0. The highest BCUT2D eigenvalue weighted by molar-refractivity contribution is 6.30. The summed E-state index contributed by atoms with van der Waals surface area (Å²) in [6, 6.07) is 21.1. The van der Waals surface area contributed by atoms with E-state index in [1.54, 1.807) is 75.4 Å². The van der Waals surface area contributed by atoms with Gasteiger partial charge in [-0.25, -0.2) is 4.79 Å². The van der Waals surface area contributed by atoms with E-state index in [0.717, 1.165) is 11.1 Å². The number of anilines is 1. The van der Waals surface area contributed by atoms with Crippen molar-refractivity contribution in [1.82, 2.24) is 0 Å². The van der Waals surface area contributed by atoms with Gasteiger partial charge in [-0.2, -0.15) is 4.89 Å². The van der Waals surface area contributed by atoms with Crippen molar-refractivity contribution in [3.05, 3.63) is 88.9 Å². The average molecular weight is 424 g/mol. The second-order valence-electron chi connectivity index (χ2n) is 7.66. The van der Waals surface area contributed by atoms with E-state index >= 15 is 0 Å². The van der Waals surface area contributed by atoms with E-state index in [4.69, 9.17) is 21.4 Å². The van der Waals surface area contributed by atoms with Crippen LogP contribution in [0.15, 0.2) is 72.8 Å². The van der Waals surface area contributed by atoms with Gasteiger partial charge < -0.3 is 5.32 Å². The van der Waals surface area contributed by atoms with Gasteiger partial charge in [-0.1, -0.05) is 48.0 Å². The summed E-state index contributed by atoms with van der Waals surface area (Å²) < 4.78 is 0. The molecule has 6 heteroatoms. The van der Waals surface area contributed by atoms with Crippen LogP contribution in [-0.2, 0) is 9.78 Å². The summed E-state index contributed by atoms with van der Waals surface area (Å²) in [6.07, 6.45) is 0. The van der Waals surface area contributed by atoms with E-state index in [2.05, 4.69) is 5.32 Å². The van der Waals surface area contributed by atoms with Crippen LogP contribution >= 0.6 is 11.6 Å². The summed E-state index contributed by atoms with van der Waals surface area (Å²) >= 11 is 6.10. The number of hydrogen-bond donors (Lipinski definition) is 1. The van der Waals surface area contributed by atoms with Crippen LogP contribution in [0.5, 0.6) is 0 Å². The summed E-state index contributed by atoms with van der Waals surface area (Å²) in [5.41, 5.74) is 1.93. The number of nitrogens with one attached hydrogen (secondary N) is 1. The molecular weight excluding hydrogens is 402 g/mol. The van der Waals surface area contributed by atoms with Gasteiger partial charge in [0.2, 0.25) is 0 Å². The van der Waals surface area contributed by atoms with Crippen molar-refractivity contribution in [2.45, 2.75) is 26.4 Å². The zero-order valence-electron chi connectivity index (χ0n) is 16.9. The van der Waals surface area contributed by atoms with Gasteiger partial charge in [0.15, 0.2) is 0 Å². The Hall–Kier alpha value is -3.15. The predicted molar refractivity (Wildman–Crippen MR) is 118 cm³/mol. The van der Waals surface area contributed by atoms with E-state index in [9.17, 15) is 9.59 Å². The fourth-order valence-electron chi connectivity index (χ4n) is 2.67. The van der Waals surface area contributed by atoms with Crippen LogP contribution in [-0.4, -0.2) is 17.5 Å². The molecule has 0 aliphatic carbocycles. The molecule has 30 heavy (non-hydrogen) atoms. The number of rotatable bonds is 5. The first-order valence-electron chi connectivity index (χ1n) is 9.39. The number of hydrogen-bond acceptors (Lipinski definition) is 4. The normalized spacial score (nSPS) is 11.1. The van der Waals surface area contributed by atoms with Crippen LogP contribution in [0.4, 0.5) is 5.69 Å². The maximum atomic E-state index is 12.7. The quantitative estimate of drug-likeness (QED) is 0.395. The third-order valence-electron chi connectivity index (χ3n) is 4.05. The molecule has 3 aromatic carbocycles. The van der Waals surface area contributed by atoms with Gasteiger partial charge >= 0.3 is 5.97 Å². The first-order valence-corrected chi connectivity index (χ1v) is 9.77. The predicted octanol–water partition coefficient (Wildman–Crippen LogP) is 6.15. The highest BCUT2D eigenvalue weighted by Crippen LogP contribution is 2.29. The monoisotopic (exact) mass is 423 g/mol. The highest BCUT2D eigenvalue weighted by atomic mass is 35.5. The molecule has 3 rings (SSSR count). The topological polar surface area (TPSA) is 64.6 Å². The smallest absolute Gasteiger partial charge is 0.321 e. The van der Waals surface area contributed by atoms with E-state index in [1.165, 1.54) is 0 Å². The highest BCUT2D eigenvalue weighted by Gasteiger charge is 2.21. The Kier molecular flexibility index (Phi) is 6.55. The second-order valence-corrected chi connectivity index (χ2v) is 8.09. The number of amides is 1. The SMILES string of the molecule is CC(C)(C)OOC(=O)c1ccc(-c2cccc(Cl)c2)cc1NC(=O)c1ccccc1. The van der Waals surface area contributed by atoms with E-state index in [-0.39, 0.29) is 11.5 Å². The number of carbonyl (C=O) groups excluding carboxylic acids is 2. The van der Waals surface area contributed by atoms with E-state index < -0.39 is 11.6 Å². The molecule has 0 unspecified atom stereocenters. The Balaban J connectivity index is 1.96. The van der Waals surface area contributed by atoms with Crippen LogP contribution in [0, 0.1) is 0 Å². The van der Waals surface area contributed by atoms with Crippen molar-refractivity contribution in [3.8, 4) is 11.1 Å². The third kappa shape index (κ3) is 5.69. The lowest BCUT2D eigenvalue weighted by Gasteiger charge is -2.18. The molecule has 0 aliphatic rings. The molecular formula is C24H22ClNO4. The number of carbonyl (C=O) groups is 2. The zero-order chi connectivity index (χ0) is 21.7. The maximum Gasteiger partial charge on any atom is 0.375 e. The van der Waals surface area contributed by atoms with Gasteiger partial charge in [-0.15, -0.1) is 0 Å². The van der Waals surface area contributed by atoms with E-state index in [1.807, 2.05) is 18.2 Å². The van der Waals surface area contributed by atoms with Crippen LogP contribution in [0.25, 0.3) is 11.1 Å². The number of benzene rings is 3. The largest absolute Gasteiger partial charge is 0.375 e. The van der Waals surface area contributed by atoms with Crippen molar-refractivity contribution in [2.24, 2.45) is 0 Å². The lowest BCUT2D eigenvalue weighted by molar-refractivity contribution is -0.301. The molecule has 3 aromatic rings. The Labute approximate surface area is 180 Å². The molecule has 154 valence electrons. The maximum absolute atomic E-state index is 12.7. The van der Waals surface area contributed by atoms with Gasteiger partial charge in [0.1, 0.15) is 5.60 Å². The van der Waals surface area contributed by atoms with Crippen LogP contribution in [0.2, 0.25) is 5.02 Å². The minimum absolute atomic E-state index is 0.175. The van der Waals surface area contributed by atoms with Crippen LogP contribution < -0.4 is 5.32 Å². The molecule has 0 saturated carbocycles. The number of halogens is 1. The fraction of sp³-hybridized carbons (Fsp3) is 0.167. The Morgan fingerprint density at radius 2 is 1.57 bits per heavy atom. The van der Waals surface area contributed by atoms with Crippen molar-refractivity contribution in [1.29, 1.82) is 0 Å². The van der Waals surface area contributed by atoms with Gasteiger partial charge in [0.05, 0.1) is 11.3 Å². The van der Waals surface area contributed by atoms with Crippen molar-refractivity contribution < 1.29 is 19.4 Å². The fourth-order valence-corrected chi connectivity index (χ4v) is 2.86. The molecule has 0 spiro atoms. The average Bonchev–Trinajstić information content (AvgIpc) is 2.72. The molecule has 5 nitrogen and oxygen atoms in total. The van der Waals surface area contributed by atoms with Gasteiger partial charge in [-0.05, 0) is 68.3 Å². The summed E-state index contributed by atoms with van der Waals surface area (Å²) in [6.45, 7) is 5.29. The van der Waals surface area contributed by atoms with Crippen LogP contribution in [0.3, 0.4) is 0 Å². The standard InChI is InChI=1S/C24H22ClNO4/c1-24(2,3)30-29-23(28)20-13-12-18(17-10-7-11-19(25)14-17)15-21(20)26-22(27)16-8-5-4-6-9-16/h4-15H,1-3H3,(H,26,27). The molecule has 0 radical (unpaired) electrons. The van der Waals surface area contributed by atoms with Crippen molar-refractivity contribution >= 4 is 29.2 Å².